The van der Waals surface area contributed by atoms with Gasteiger partial charge >= 0.3 is 0 Å². The van der Waals surface area contributed by atoms with Gasteiger partial charge in [0.2, 0.25) is 0 Å². The molecule has 88 valence electrons. The fourth-order valence-electron chi connectivity index (χ4n) is 1.90. The van der Waals surface area contributed by atoms with Crippen LogP contribution >= 0.6 is 23.2 Å². The van der Waals surface area contributed by atoms with Gasteiger partial charge in [-0.15, -0.1) is 0 Å². The highest BCUT2D eigenvalue weighted by Gasteiger charge is 2.26. The molecule has 2 aromatic rings. The monoisotopic (exact) mass is 267 g/mol. The van der Waals surface area contributed by atoms with Gasteiger partial charge in [0.05, 0.1) is 11.3 Å². The second kappa shape index (κ2) is 3.93. The van der Waals surface area contributed by atoms with Crippen LogP contribution in [0.1, 0.15) is 18.9 Å². The normalized spacial score (nSPS) is 15.2. The first kappa shape index (κ1) is 10.9. The second-order valence-corrected chi connectivity index (χ2v) is 5.08. The number of rotatable bonds is 2. The number of imidazole rings is 1. The SMILES string of the molecule is Nc1c(-c2ccc(Cl)cc2Cl)ncn1C1CC1. The van der Waals surface area contributed by atoms with Gasteiger partial charge in [-0.25, -0.2) is 4.98 Å². The van der Waals surface area contributed by atoms with Crippen LogP contribution in [0, 0.1) is 0 Å². The Labute approximate surface area is 109 Å². The Morgan fingerprint density at radius 2 is 2.06 bits per heavy atom. The predicted molar refractivity (Wildman–Crippen MR) is 70.4 cm³/mol. The summed E-state index contributed by atoms with van der Waals surface area (Å²) in [5, 5.41) is 1.18. The highest BCUT2D eigenvalue weighted by Crippen LogP contribution is 2.40. The van der Waals surface area contributed by atoms with Gasteiger partial charge < -0.3 is 10.3 Å². The van der Waals surface area contributed by atoms with Gasteiger partial charge in [0.25, 0.3) is 0 Å². The van der Waals surface area contributed by atoms with Crippen molar-refractivity contribution in [3.05, 3.63) is 34.6 Å². The lowest BCUT2D eigenvalue weighted by Crippen LogP contribution is -1.99. The Morgan fingerprint density at radius 1 is 1.29 bits per heavy atom. The van der Waals surface area contributed by atoms with Crippen molar-refractivity contribution in [3.8, 4) is 11.3 Å². The first-order chi connectivity index (χ1) is 8.16. The Balaban J connectivity index is 2.08. The molecule has 0 aliphatic heterocycles. The van der Waals surface area contributed by atoms with Gasteiger partial charge in [0.15, 0.2) is 0 Å². The van der Waals surface area contributed by atoms with Crippen LogP contribution in [0.15, 0.2) is 24.5 Å². The number of hydrogen-bond donors (Lipinski definition) is 1. The molecule has 5 heteroatoms. The average molecular weight is 268 g/mol. The minimum Gasteiger partial charge on any atom is -0.383 e. The van der Waals surface area contributed by atoms with Crippen molar-refractivity contribution in [2.45, 2.75) is 18.9 Å². The van der Waals surface area contributed by atoms with Gasteiger partial charge in [-0.3, -0.25) is 0 Å². The van der Waals surface area contributed by atoms with Crippen molar-refractivity contribution < 1.29 is 0 Å². The van der Waals surface area contributed by atoms with E-state index in [-0.39, 0.29) is 0 Å². The first-order valence-corrected chi connectivity index (χ1v) is 6.20. The van der Waals surface area contributed by atoms with Gasteiger partial charge in [-0.1, -0.05) is 23.2 Å². The van der Waals surface area contributed by atoms with E-state index >= 15 is 0 Å². The number of hydrogen-bond acceptors (Lipinski definition) is 2. The van der Waals surface area contributed by atoms with Crippen LogP contribution in [-0.4, -0.2) is 9.55 Å². The van der Waals surface area contributed by atoms with Crippen molar-refractivity contribution in [2.75, 3.05) is 5.73 Å². The molecule has 3 nitrogen and oxygen atoms in total. The van der Waals surface area contributed by atoms with E-state index in [4.69, 9.17) is 28.9 Å². The minimum atomic E-state index is 0.516. The van der Waals surface area contributed by atoms with Crippen molar-refractivity contribution in [1.29, 1.82) is 0 Å². The molecule has 2 N–H and O–H groups in total. The molecule has 0 radical (unpaired) electrons. The molecule has 3 rings (SSSR count). The zero-order chi connectivity index (χ0) is 12.0. The number of nitrogen functional groups attached to an aromatic ring is 1. The van der Waals surface area contributed by atoms with Gasteiger partial charge in [0.1, 0.15) is 11.5 Å². The predicted octanol–water partition coefficient (Wildman–Crippen LogP) is 3.77. The van der Waals surface area contributed by atoms with E-state index in [1.165, 1.54) is 12.8 Å². The highest BCUT2D eigenvalue weighted by atomic mass is 35.5. The van der Waals surface area contributed by atoms with Crippen LogP contribution in [-0.2, 0) is 0 Å². The lowest BCUT2D eigenvalue weighted by Gasteiger charge is -2.05. The summed E-state index contributed by atoms with van der Waals surface area (Å²) in [6.07, 6.45) is 4.13. The summed E-state index contributed by atoms with van der Waals surface area (Å²) >= 11 is 12.0. The maximum atomic E-state index is 6.15. The standard InChI is InChI=1S/C12H11Cl2N3/c13-7-1-4-9(10(14)5-7)11-12(15)17(6-16-11)8-2-3-8/h1,4-6,8H,2-3,15H2. The zero-order valence-electron chi connectivity index (χ0n) is 9.03. The number of nitrogens with two attached hydrogens (primary N) is 1. The topological polar surface area (TPSA) is 43.8 Å². The van der Waals surface area contributed by atoms with E-state index < -0.39 is 0 Å². The summed E-state index contributed by atoms with van der Waals surface area (Å²) in [6.45, 7) is 0. The fourth-order valence-corrected chi connectivity index (χ4v) is 2.40. The molecule has 0 spiro atoms. The van der Waals surface area contributed by atoms with Gasteiger partial charge in [0, 0.05) is 16.6 Å². The molecule has 0 saturated heterocycles. The lowest BCUT2D eigenvalue weighted by molar-refractivity contribution is 0.751. The van der Waals surface area contributed by atoms with Crippen LogP contribution in [0.2, 0.25) is 10.0 Å². The Morgan fingerprint density at radius 3 is 2.71 bits per heavy atom. The summed E-state index contributed by atoms with van der Waals surface area (Å²) in [6, 6.07) is 5.86. The van der Waals surface area contributed by atoms with Crippen LogP contribution < -0.4 is 5.73 Å². The van der Waals surface area contributed by atoms with Gasteiger partial charge in [-0.2, -0.15) is 0 Å². The summed E-state index contributed by atoms with van der Waals surface area (Å²) in [5.74, 6) is 0.678. The first-order valence-electron chi connectivity index (χ1n) is 5.44. The number of halogens is 2. The molecule has 1 fully saturated rings. The third-order valence-corrected chi connectivity index (χ3v) is 3.51. The fraction of sp³-hybridized carbons (Fsp3) is 0.250. The molecule has 1 heterocycles. The Kier molecular flexibility index (Phi) is 2.53. The number of aromatic nitrogens is 2. The minimum absolute atomic E-state index is 0.516. The van der Waals surface area contributed by atoms with Crippen molar-refractivity contribution in [2.24, 2.45) is 0 Å². The molecule has 0 amide bonds. The van der Waals surface area contributed by atoms with E-state index in [0.717, 1.165) is 11.3 Å². The van der Waals surface area contributed by atoms with E-state index in [1.807, 2.05) is 10.6 Å². The van der Waals surface area contributed by atoms with Gasteiger partial charge in [-0.05, 0) is 31.0 Å². The molecular formula is C12H11Cl2N3. The molecular weight excluding hydrogens is 257 g/mol. The second-order valence-electron chi connectivity index (χ2n) is 4.24. The van der Waals surface area contributed by atoms with Crippen LogP contribution in [0.25, 0.3) is 11.3 Å². The third-order valence-electron chi connectivity index (χ3n) is 2.96. The molecule has 0 atom stereocenters. The van der Waals surface area contributed by atoms with E-state index in [2.05, 4.69) is 4.98 Å². The quantitative estimate of drug-likeness (QED) is 0.900. The molecule has 1 aliphatic rings. The Bertz CT molecular complexity index is 573. The smallest absolute Gasteiger partial charge is 0.131 e. The van der Waals surface area contributed by atoms with E-state index in [9.17, 15) is 0 Å². The lowest BCUT2D eigenvalue weighted by atomic mass is 10.1. The molecule has 1 saturated carbocycles. The van der Waals surface area contributed by atoms with Crippen molar-refractivity contribution >= 4 is 29.0 Å². The molecule has 0 bridgehead atoms. The summed E-state index contributed by atoms with van der Waals surface area (Å²) in [5.41, 5.74) is 7.65. The molecule has 1 aromatic carbocycles. The molecule has 17 heavy (non-hydrogen) atoms. The molecule has 0 unspecified atom stereocenters. The Hall–Kier alpha value is -1.19. The van der Waals surface area contributed by atoms with Crippen molar-refractivity contribution in [3.63, 3.8) is 0 Å². The highest BCUT2D eigenvalue weighted by molar-refractivity contribution is 6.36. The number of nitrogens with zero attached hydrogens (tertiary/aromatic N) is 2. The summed E-state index contributed by atoms with van der Waals surface area (Å²) in [7, 11) is 0. The average Bonchev–Trinajstić information content (AvgIpc) is 3.04. The maximum Gasteiger partial charge on any atom is 0.131 e. The zero-order valence-corrected chi connectivity index (χ0v) is 10.5. The molecule has 1 aliphatic carbocycles. The number of anilines is 1. The summed E-state index contributed by atoms with van der Waals surface area (Å²) in [4.78, 5) is 4.35. The largest absolute Gasteiger partial charge is 0.383 e. The molecule has 1 aromatic heterocycles. The van der Waals surface area contributed by atoms with E-state index in [0.29, 0.717) is 21.9 Å². The van der Waals surface area contributed by atoms with Crippen molar-refractivity contribution in [1.82, 2.24) is 9.55 Å². The number of benzene rings is 1. The van der Waals surface area contributed by atoms with Crippen LogP contribution in [0.4, 0.5) is 5.82 Å². The van der Waals surface area contributed by atoms with E-state index in [1.54, 1.807) is 18.5 Å². The van der Waals surface area contributed by atoms with Crippen LogP contribution in [0.5, 0.6) is 0 Å². The maximum absolute atomic E-state index is 6.15. The summed E-state index contributed by atoms with van der Waals surface area (Å²) < 4.78 is 2.01. The third kappa shape index (κ3) is 1.90. The van der Waals surface area contributed by atoms with Crippen LogP contribution in [0.3, 0.4) is 0 Å².